The smallest absolute Gasteiger partial charge is 0.230 e. The second-order valence-electron chi connectivity index (χ2n) is 7.70. The summed E-state index contributed by atoms with van der Waals surface area (Å²) in [6.07, 6.45) is 4.46. The van der Waals surface area contributed by atoms with Gasteiger partial charge in [0.2, 0.25) is 11.0 Å². The number of carbonyl (C=O) groups excluding carboxylic acids is 1. The molecule has 0 saturated heterocycles. The van der Waals surface area contributed by atoms with Crippen LogP contribution in [0.4, 0.5) is 5.13 Å². The molecule has 0 bridgehead atoms. The van der Waals surface area contributed by atoms with Crippen molar-refractivity contribution in [2.45, 2.75) is 35.4 Å². The lowest BCUT2D eigenvalue weighted by Crippen LogP contribution is -2.39. The Kier molecular flexibility index (Phi) is 7.52. The molecule has 31 heavy (non-hydrogen) atoms. The number of benzene rings is 1. The molecule has 1 aromatic heterocycles. The predicted molar refractivity (Wildman–Crippen MR) is 122 cm³/mol. The Morgan fingerprint density at radius 3 is 2.84 bits per heavy atom. The third-order valence-corrected chi connectivity index (χ3v) is 7.67. The zero-order chi connectivity index (χ0) is 21.5. The number of amides is 1. The van der Waals surface area contributed by atoms with Crippen molar-refractivity contribution in [2.75, 3.05) is 51.1 Å². The quantitative estimate of drug-likeness (QED) is 0.409. The number of carbonyl (C=O) groups is 1. The number of hydrogen-bond acceptors (Lipinski definition) is 9. The summed E-state index contributed by atoms with van der Waals surface area (Å²) in [6.45, 7) is 3.08. The van der Waals surface area contributed by atoms with Gasteiger partial charge >= 0.3 is 0 Å². The normalized spacial score (nSPS) is 16.8. The van der Waals surface area contributed by atoms with Crippen LogP contribution in [-0.4, -0.2) is 61.9 Å². The molecule has 1 amide bonds. The van der Waals surface area contributed by atoms with E-state index in [0.717, 1.165) is 33.8 Å². The van der Waals surface area contributed by atoms with E-state index in [1.54, 1.807) is 7.11 Å². The molecule has 1 fully saturated rings. The molecule has 2 heterocycles. The highest BCUT2D eigenvalue weighted by atomic mass is 32.2. The highest BCUT2D eigenvalue weighted by Crippen LogP contribution is 2.43. The summed E-state index contributed by atoms with van der Waals surface area (Å²) < 4.78 is 17.2. The largest absolute Gasteiger partial charge is 0.486 e. The van der Waals surface area contributed by atoms with Gasteiger partial charge in [-0.2, -0.15) is 0 Å². The zero-order valence-electron chi connectivity index (χ0n) is 17.6. The molecule has 1 saturated carbocycles. The lowest BCUT2D eigenvalue weighted by molar-refractivity contribution is -0.118. The molecule has 1 aromatic carbocycles. The summed E-state index contributed by atoms with van der Waals surface area (Å²) in [5, 5.41) is 15.3. The maximum atomic E-state index is 12.5. The molecule has 1 aliphatic carbocycles. The molecule has 2 aromatic rings. The molecule has 168 valence electrons. The van der Waals surface area contributed by atoms with Gasteiger partial charge < -0.3 is 24.8 Å². The number of rotatable bonds is 10. The number of nitrogens with one attached hydrogen (secondary N) is 2. The van der Waals surface area contributed by atoms with Crippen LogP contribution >= 0.6 is 23.1 Å². The molecule has 0 atom stereocenters. The van der Waals surface area contributed by atoms with Gasteiger partial charge in [0.05, 0.1) is 12.4 Å². The fourth-order valence-electron chi connectivity index (χ4n) is 4.04. The Morgan fingerprint density at radius 2 is 2.03 bits per heavy atom. The second-order valence-corrected chi connectivity index (χ2v) is 9.90. The van der Waals surface area contributed by atoms with E-state index in [0.29, 0.717) is 38.7 Å². The van der Waals surface area contributed by atoms with Gasteiger partial charge in [-0.3, -0.25) is 4.79 Å². The summed E-state index contributed by atoms with van der Waals surface area (Å²) >= 11 is 2.86. The van der Waals surface area contributed by atoms with Crippen molar-refractivity contribution in [2.24, 2.45) is 0 Å². The third kappa shape index (κ3) is 5.61. The molecular weight excluding hydrogens is 436 g/mol. The van der Waals surface area contributed by atoms with Crippen LogP contribution in [0.3, 0.4) is 0 Å². The Bertz CT molecular complexity index is 886. The van der Waals surface area contributed by atoms with Crippen LogP contribution in [0, 0.1) is 0 Å². The van der Waals surface area contributed by atoms with Gasteiger partial charge in [-0.05, 0) is 30.5 Å². The lowest BCUT2D eigenvalue weighted by Gasteiger charge is -2.31. The first kappa shape index (κ1) is 22.2. The third-order valence-electron chi connectivity index (χ3n) is 5.65. The molecule has 10 heteroatoms. The van der Waals surface area contributed by atoms with Crippen LogP contribution in [0.15, 0.2) is 22.5 Å². The first-order valence-corrected chi connectivity index (χ1v) is 12.3. The minimum absolute atomic E-state index is 0.0120. The van der Waals surface area contributed by atoms with Gasteiger partial charge in [0.1, 0.15) is 13.2 Å². The highest BCUT2D eigenvalue weighted by Gasteiger charge is 2.36. The van der Waals surface area contributed by atoms with Crippen LogP contribution in [0.25, 0.3) is 0 Å². The number of thioether (sulfide) groups is 1. The number of anilines is 1. The summed E-state index contributed by atoms with van der Waals surface area (Å²) in [5.74, 6) is 1.95. The minimum atomic E-state index is -0.0443. The zero-order valence-corrected chi connectivity index (χ0v) is 19.3. The molecule has 0 radical (unpaired) electrons. The molecule has 1 aliphatic heterocycles. The summed E-state index contributed by atoms with van der Waals surface area (Å²) in [6, 6.07) is 6.22. The van der Waals surface area contributed by atoms with E-state index in [1.807, 2.05) is 6.07 Å². The van der Waals surface area contributed by atoms with E-state index >= 15 is 0 Å². The molecule has 4 rings (SSSR count). The Morgan fingerprint density at radius 1 is 1.23 bits per heavy atom. The van der Waals surface area contributed by atoms with Crippen molar-refractivity contribution in [3.63, 3.8) is 0 Å². The Labute approximate surface area is 190 Å². The van der Waals surface area contributed by atoms with E-state index in [9.17, 15) is 4.79 Å². The maximum Gasteiger partial charge on any atom is 0.230 e. The summed E-state index contributed by atoms with van der Waals surface area (Å²) in [5.41, 5.74) is 1.18. The fourth-order valence-corrected chi connectivity index (χ4v) is 5.65. The van der Waals surface area contributed by atoms with Crippen molar-refractivity contribution in [1.29, 1.82) is 0 Å². The highest BCUT2D eigenvalue weighted by molar-refractivity contribution is 8.01. The number of nitrogens with zero attached hydrogens (tertiary/aromatic N) is 2. The molecule has 0 unspecified atom stereocenters. The molecule has 8 nitrogen and oxygen atoms in total. The van der Waals surface area contributed by atoms with Crippen LogP contribution in [0.5, 0.6) is 11.5 Å². The first-order valence-electron chi connectivity index (χ1n) is 10.5. The first-order chi connectivity index (χ1) is 15.2. The van der Waals surface area contributed by atoms with Gasteiger partial charge in [-0.1, -0.05) is 42.0 Å². The van der Waals surface area contributed by atoms with Crippen LogP contribution in [-0.2, 0) is 14.9 Å². The fraction of sp³-hybridized carbons (Fsp3) is 0.571. The van der Waals surface area contributed by atoms with Crippen molar-refractivity contribution in [1.82, 2.24) is 15.5 Å². The molecule has 2 N–H and O–H groups in total. The number of methoxy groups -OCH3 is 1. The van der Waals surface area contributed by atoms with Crippen molar-refractivity contribution < 1.29 is 19.0 Å². The Hall–Kier alpha value is -2.04. The summed E-state index contributed by atoms with van der Waals surface area (Å²) in [7, 11) is 1.66. The van der Waals surface area contributed by atoms with E-state index in [4.69, 9.17) is 14.2 Å². The van der Waals surface area contributed by atoms with Gasteiger partial charge in [-0.15, -0.1) is 10.2 Å². The van der Waals surface area contributed by atoms with Gasteiger partial charge in [0, 0.05) is 25.6 Å². The number of ether oxygens (including phenoxy) is 3. The monoisotopic (exact) mass is 464 g/mol. The van der Waals surface area contributed by atoms with Crippen molar-refractivity contribution >= 4 is 34.1 Å². The SMILES string of the molecule is COCCNc1nnc(SCC(=O)NCC2(c3ccc4c(c3)OCCO4)CCCC2)s1. The summed E-state index contributed by atoms with van der Waals surface area (Å²) in [4.78, 5) is 12.5. The van der Waals surface area contributed by atoms with E-state index in [1.165, 1.54) is 41.5 Å². The van der Waals surface area contributed by atoms with Gasteiger partial charge in [-0.25, -0.2) is 0 Å². The van der Waals surface area contributed by atoms with Crippen LogP contribution < -0.4 is 20.1 Å². The Balaban J connectivity index is 1.31. The number of fused-ring (bicyclic) bond motifs is 1. The van der Waals surface area contributed by atoms with E-state index in [-0.39, 0.29) is 11.3 Å². The molecule has 2 aliphatic rings. The van der Waals surface area contributed by atoms with Crippen LogP contribution in [0.1, 0.15) is 31.2 Å². The van der Waals surface area contributed by atoms with Crippen molar-refractivity contribution in [3.8, 4) is 11.5 Å². The lowest BCUT2D eigenvalue weighted by atomic mass is 9.78. The van der Waals surface area contributed by atoms with Gasteiger partial charge in [0.15, 0.2) is 15.8 Å². The molecule has 0 spiro atoms. The van der Waals surface area contributed by atoms with Crippen LogP contribution in [0.2, 0.25) is 0 Å². The number of hydrogen-bond donors (Lipinski definition) is 2. The standard InChI is InChI=1S/C21H28N4O4S2/c1-27-9-8-22-19-24-25-20(31-19)30-13-18(26)23-14-21(6-2-3-7-21)15-4-5-16-17(12-15)29-11-10-28-16/h4-5,12H,2-3,6-11,13-14H2,1H3,(H,22,24)(H,23,26). The van der Waals surface area contributed by atoms with E-state index < -0.39 is 0 Å². The van der Waals surface area contributed by atoms with Crippen molar-refractivity contribution in [3.05, 3.63) is 23.8 Å². The second kappa shape index (κ2) is 10.5. The predicted octanol–water partition coefficient (Wildman–Crippen LogP) is 3.09. The average molecular weight is 465 g/mol. The maximum absolute atomic E-state index is 12.5. The minimum Gasteiger partial charge on any atom is -0.486 e. The molecular formula is C21H28N4O4S2. The van der Waals surface area contributed by atoms with E-state index in [2.05, 4.69) is 33.0 Å². The van der Waals surface area contributed by atoms with Gasteiger partial charge in [0.25, 0.3) is 0 Å². The topological polar surface area (TPSA) is 94.6 Å². The average Bonchev–Trinajstić information content (AvgIpc) is 3.47. The number of aromatic nitrogens is 2.